The first-order valence-electron chi connectivity index (χ1n) is 6.07. The summed E-state index contributed by atoms with van der Waals surface area (Å²) in [5.41, 5.74) is 4.86. The molecule has 0 aromatic heterocycles. The normalized spacial score (nSPS) is 21.8. The van der Waals surface area contributed by atoms with Crippen LogP contribution >= 0.6 is 0 Å². The molecule has 0 radical (unpaired) electrons. The Labute approximate surface area is 101 Å². The van der Waals surface area contributed by atoms with Crippen molar-refractivity contribution >= 4 is 11.8 Å². The third kappa shape index (κ3) is 5.65. The van der Waals surface area contributed by atoms with Crippen LogP contribution in [0.25, 0.3) is 0 Å². The predicted molar refractivity (Wildman–Crippen MR) is 63.1 cm³/mol. The van der Waals surface area contributed by atoms with Crippen LogP contribution in [0.1, 0.15) is 32.1 Å². The van der Waals surface area contributed by atoms with E-state index in [0.29, 0.717) is 12.5 Å². The van der Waals surface area contributed by atoms with Crippen LogP contribution in [-0.2, 0) is 9.59 Å². The van der Waals surface area contributed by atoms with Crippen LogP contribution in [-0.4, -0.2) is 42.2 Å². The molecule has 0 aromatic rings. The van der Waals surface area contributed by atoms with E-state index in [0.717, 1.165) is 19.4 Å². The number of amides is 2. The lowest BCUT2D eigenvalue weighted by Gasteiger charge is -2.23. The molecule has 2 atom stereocenters. The number of aliphatic hydroxyl groups excluding tert-OH is 1. The molecular weight excluding hydrogens is 222 g/mol. The third-order valence-electron chi connectivity index (χ3n) is 2.95. The minimum Gasteiger partial charge on any atom is -0.381 e. The van der Waals surface area contributed by atoms with Gasteiger partial charge >= 0.3 is 0 Å². The number of hydrogen-bond acceptors (Lipinski definition) is 4. The quantitative estimate of drug-likeness (QED) is 0.474. The average molecular weight is 243 g/mol. The molecule has 0 saturated carbocycles. The first-order chi connectivity index (χ1) is 8.09. The Kier molecular flexibility index (Phi) is 5.93. The van der Waals surface area contributed by atoms with Crippen LogP contribution in [0, 0.1) is 0 Å². The van der Waals surface area contributed by atoms with Gasteiger partial charge < -0.3 is 21.5 Å². The maximum atomic E-state index is 11.4. The van der Waals surface area contributed by atoms with Gasteiger partial charge in [-0.15, -0.1) is 0 Å². The van der Waals surface area contributed by atoms with Gasteiger partial charge in [0.05, 0.1) is 6.54 Å². The van der Waals surface area contributed by atoms with Gasteiger partial charge in [0, 0.05) is 12.5 Å². The number of primary amides is 1. The van der Waals surface area contributed by atoms with Crippen LogP contribution in [0.3, 0.4) is 0 Å². The zero-order chi connectivity index (χ0) is 12.7. The fourth-order valence-corrected chi connectivity index (χ4v) is 1.88. The zero-order valence-corrected chi connectivity index (χ0v) is 9.95. The smallest absolute Gasteiger partial charge is 0.248 e. The summed E-state index contributed by atoms with van der Waals surface area (Å²) in [6.07, 6.45) is 3.42. The van der Waals surface area contributed by atoms with Crippen molar-refractivity contribution in [2.45, 2.75) is 44.2 Å². The van der Waals surface area contributed by atoms with Crippen molar-refractivity contribution in [2.24, 2.45) is 5.73 Å². The summed E-state index contributed by atoms with van der Waals surface area (Å²) in [5.74, 6) is -0.975. The highest BCUT2D eigenvalue weighted by molar-refractivity contribution is 5.80. The van der Waals surface area contributed by atoms with Gasteiger partial charge in [-0.3, -0.25) is 9.59 Å². The number of hydrogen-bond donors (Lipinski definition) is 4. The van der Waals surface area contributed by atoms with Crippen LogP contribution in [0.4, 0.5) is 0 Å². The highest BCUT2D eigenvalue weighted by Crippen LogP contribution is 2.11. The number of piperidine rings is 1. The minimum atomic E-state index is -1.30. The van der Waals surface area contributed by atoms with E-state index in [1.54, 1.807) is 0 Å². The lowest BCUT2D eigenvalue weighted by molar-refractivity contribution is -0.127. The summed E-state index contributed by atoms with van der Waals surface area (Å²) in [5, 5.41) is 14.9. The second-order valence-electron chi connectivity index (χ2n) is 4.41. The maximum absolute atomic E-state index is 11.4. The molecule has 2 amide bonds. The van der Waals surface area contributed by atoms with Crippen molar-refractivity contribution in [3.8, 4) is 0 Å². The zero-order valence-electron chi connectivity index (χ0n) is 9.95. The number of rotatable bonds is 6. The van der Waals surface area contributed by atoms with Gasteiger partial charge in [0.2, 0.25) is 11.8 Å². The van der Waals surface area contributed by atoms with Crippen LogP contribution < -0.4 is 16.4 Å². The van der Waals surface area contributed by atoms with Crippen molar-refractivity contribution in [1.29, 1.82) is 0 Å². The van der Waals surface area contributed by atoms with E-state index in [9.17, 15) is 9.59 Å². The minimum absolute atomic E-state index is 0.105. The van der Waals surface area contributed by atoms with E-state index >= 15 is 0 Å². The monoisotopic (exact) mass is 243 g/mol. The molecule has 6 heteroatoms. The van der Waals surface area contributed by atoms with Gasteiger partial charge in [0.1, 0.15) is 6.10 Å². The molecule has 0 spiro atoms. The van der Waals surface area contributed by atoms with Crippen molar-refractivity contribution in [1.82, 2.24) is 10.6 Å². The molecule has 1 rings (SSSR count). The first kappa shape index (κ1) is 13.9. The molecule has 1 heterocycles. The van der Waals surface area contributed by atoms with Crippen LogP contribution in [0.5, 0.6) is 0 Å². The SMILES string of the molecule is NC(=O)C(O)CNC(=O)CCC1CCCCN1. The molecule has 2 unspecified atom stereocenters. The Hall–Kier alpha value is -1.14. The fraction of sp³-hybridized carbons (Fsp3) is 0.818. The molecule has 6 nitrogen and oxygen atoms in total. The van der Waals surface area contributed by atoms with Gasteiger partial charge in [-0.1, -0.05) is 6.42 Å². The second kappa shape index (κ2) is 7.24. The highest BCUT2D eigenvalue weighted by atomic mass is 16.3. The van der Waals surface area contributed by atoms with E-state index in [2.05, 4.69) is 10.6 Å². The molecule has 1 fully saturated rings. The third-order valence-corrected chi connectivity index (χ3v) is 2.95. The Morgan fingerprint density at radius 3 is 2.82 bits per heavy atom. The number of carbonyl (C=O) groups is 2. The Balaban J connectivity index is 2.10. The van der Waals surface area contributed by atoms with E-state index in [1.807, 2.05) is 0 Å². The van der Waals surface area contributed by atoms with Crippen molar-refractivity contribution in [3.05, 3.63) is 0 Å². The number of nitrogens with one attached hydrogen (secondary N) is 2. The molecule has 17 heavy (non-hydrogen) atoms. The fourth-order valence-electron chi connectivity index (χ4n) is 1.88. The summed E-state index contributed by atoms with van der Waals surface area (Å²) >= 11 is 0. The highest BCUT2D eigenvalue weighted by Gasteiger charge is 2.15. The summed E-state index contributed by atoms with van der Waals surface area (Å²) in [6.45, 7) is 0.916. The maximum Gasteiger partial charge on any atom is 0.248 e. The van der Waals surface area contributed by atoms with Crippen molar-refractivity contribution in [2.75, 3.05) is 13.1 Å². The van der Waals surface area contributed by atoms with E-state index in [-0.39, 0.29) is 12.5 Å². The molecule has 5 N–H and O–H groups in total. The number of nitrogens with two attached hydrogens (primary N) is 1. The van der Waals surface area contributed by atoms with E-state index in [1.165, 1.54) is 12.8 Å². The van der Waals surface area contributed by atoms with Gasteiger partial charge in [-0.25, -0.2) is 0 Å². The Morgan fingerprint density at radius 1 is 1.47 bits per heavy atom. The van der Waals surface area contributed by atoms with Gasteiger partial charge in [-0.2, -0.15) is 0 Å². The number of aliphatic hydroxyl groups is 1. The van der Waals surface area contributed by atoms with Gasteiger partial charge in [0.25, 0.3) is 0 Å². The number of carbonyl (C=O) groups excluding carboxylic acids is 2. The van der Waals surface area contributed by atoms with Crippen LogP contribution in [0.15, 0.2) is 0 Å². The molecule has 0 bridgehead atoms. The summed E-state index contributed by atoms with van der Waals surface area (Å²) < 4.78 is 0. The molecular formula is C11H21N3O3. The lowest BCUT2D eigenvalue weighted by Crippen LogP contribution is -2.40. The predicted octanol–water partition coefficient (Wildman–Crippen LogP) is -1.13. The van der Waals surface area contributed by atoms with Crippen molar-refractivity contribution < 1.29 is 14.7 Å². The first-order valence-corrected chi connectivity index (χ1v) is 6.07. The Bertz CT molecular complexity index is 265. The lowest BCUT2D eigenvalue weighted by atomic mass is 10.0. The van der Waals surface area contributed by atoms with E-state index in [4.69, 9.17) is 10.8 Å². The second-order valence-corrected chi connectivity index (χ2v) is 4.41. The molecule has 98 valence electrons. The molecule has 0 aliphatic carbocycles. The van der Waals surface area contributed by atoms with Crippen LogP contribution in [0.2, 0.25) is 0 Å². The van der Waals surface area contributed by atoms with Crippen molar-refractivity contribution in [3.63, 3.8) is 0 Å². The average Bonchev–Trinajstić information content (AvgIpc) is 2.34. The Morgan fingerprint density at radius 2 is 2.24 bits per heavy atom. The summed E-state index contributed by atoms with van der Waals surface area (Å²) in [7, 11) is 0. The molecule has 1 aliphatic rings. The molecule has 0 aromatic carbocycles. The van der Waals surface area contributed by atoms with Gasteiger partial charge in [-0.05, 0) is 25.8 Å². The van der Waals surface area contributed by atoms with E-state index < -0.39 is 12.0 Å². The van der Waals surface area contributed by atoms with Gasteiger partial charge in [0.15, 0.2) is 0 Å². The summed E-state index contributed by atoms with van der Waals surface area (Å²) in [6, 6.07) is 0.413. The molecule has 1 aliphatic heterocycles. The topological polar surface area (TPSA) is 104 Å². The summed E-state index contributed by atoms with van der Waals surface area (Å²) in [4.78, 5) is 21.9. The largest absolute Gasteiger partial charge is 0.381 e. The standard InChI is InChI=1S/C11H21N3O3/c12-11(17)9(15)7-14-10(16)5-4-8-3-1-2-6-13-8/h8-9,13,15H,1-7H2,(H2,12,17)(H,14,16). The molecule has 1 saturated heterocycles.